The molecule has 0 bridgehead atoms. The average molecular weight is 291 g/mol. The first-order chi connectivity index (χ1) is 9.72. The Morgan fingerprint density at radius 2 is 2.15 bits per heavy atom. The first-order valence-electron chi connectivity index (χ1n) is 6.79. The highest BCUT2D eigenvalue weighted by molar-refractivity contribution is 7.99. The van der Waals surface area contributed by atoms with Crippen molar-refractivity contribution in [3.63, 3.8) is 0 Å². The van der Waals surface area contributed by atoms with Gasteiger partial charge in [0.1, 0.15) is 0 Å². The number of thioether (sulfide) groups is 1. The predicted octanol–water partition coefficient (Wildman–Crippen LogP) is 2.65. The molecule has 0 atom stereocenters. The molecule has 2 rings (SSSR count). The highest BCUT2D eigenvalue weighted by Crippen LogP contribution is 2.28. The summed E-state index contributed by atoms with van der Waals surface area (Å²) in [4.78, 5) is 4.30. The lowest BCUT2D eigenvalue weighted by Crippen LogP contribution is -2.06. The zero-order valence-corrected chi connectivity index (χ0v) is 12.5. The normalized spacial score (nSPS) is 10.9. The van der Waals surface area contributed by atoms with Gasteiger partial charge in [-0.2, -0.15) is 11.8 Å². The standard InChI is InChI=1S/C15H21N3OS/c1-11-9-12-13(10-18-11)14(16)3-4-15(12)17-5-8-20-7-2-6-19/h3-4,9-10,17,19H,2,5-8,16H2,1H3. The number of nitrogens with two attached hydrogens (primary N) is 1. The SMILES string of the molecule is Cc1cc2c(NCCSCCCO)ccc(N)c2cn1. The lowest BCUT2D eigenvalue weighted by Gasteiger charge is -2.11. The molecule has 5 heteroatoms. The van der Waals surface area contributed by atoms with Crippen molar-refractivity contribution in [2.75, 3.05) is 35.7 Å². The molecular formula is C15H21N3OS. The van der Waals surface area contributed by atoms with Crippen LogP contribution in [0.15, 0.2) is 24.4 Å². The Balaban J connectivity index is 2.03. The van der Waals surface area contributed by atoms with Crippen LogP contribution in [-0.2, 0) is 0 Å². The average Bonchev–Trinajstić information content (AvgIpc) is 2.45. The van der Waals surface area contributed by atoms with Gasteiger partial charge in [0.05, 0.1) is 0 Å². The topological polar surface area (TPSA) is 71.2 Å². The lowest BCUT2D eigenvalue weighted by molar-refractivity contribution is 0.296. The van der Waals surface area contributed by atoms with Crippen LogP contribution >= 0.6 is 11.8 Å². The first-order valence-corrected chi connectivity index (χ1v) is 7.95. The molecule has 4 N–H and O–H groups in total. The molecule has 0 saturated carbocycles. The van der Waals surface area contributed by atoms with Crippen LogP contribution in [0.2, 0.25) is 0 Å². The molecule has 0 unspecified atom stereocenters. The van der Waals surface area contributed by atoms with Gasteiger partial charge in [-0.1, -0.05) is 0 Å². The van der Waals surface area contributed by atoms with Gasteiger partial charge in [0.2, 0.25) is 0 Å². The summed E-state index contributed by atoms with van der Waals surface area (Å²) in [5.74, 6) is 2.03. The second-order valence-corrected chi connectivity index (χ2v) is 5.91. The molecule has 20 heavy (non-hydrogen) atoms. The van der Waals surface area contributed by atoms with E-state index >= 15 is 0 Å². The second kappa shape index (κ2) is 7.36. The van der Waals surface area contributed by atoms with E-state index in [4.69, 9.17) is 10.8 Å². The van der Waals surface area contributed by atoms with Crippen LogP contribution in [-0.4, -0.2) is 34.7 Å². The Hall–Kier alpha value is -1.46. The number of hydrogen-bond donors (Lipinski definition) is 3. The van der Waals surface area contributed by atoms with Crippen LogP contribution in [0, 0.1) is 6.92 Å². The van der Waals surface area contributed by atoms with Gasteiger partial charge >= 0.3 is 0 Å². The first kappa shape index (κ1) is 14.9. The van der Waals surface area contributed by atoms with Crippen molar-refractivity contribution in [3.8, 4) is 0 Å². The van der Waals surface area contributed by atoms with E-state index in [-0.39, 0.29) is 6.61 Å². The van der Waals surface area contributed by atoms with Gasteiger partial charge in [-0.15, -0.1) is 0 Å². The van der Waals surface area contributed by atoms with E-state index < -0.39 is 0 Å². The fourth-order valence-electron chi connectivity index (χ4n) is 2.05. The van der Waals surface area contributed by atoms with Gasteiger partial charge in [-0.25, -0.2) is 0 Å². The summed E-state index contributed by atoms with van der Waals surface area (Å²) in [7, 11) is 0. The number of aliphatic hydroxyl groups is 1. The summed E-state index contributed by atoms with van der Waals surface area (Å²) in [5.41, 5.74) is 8.84. The monoisotopic (exact) mass is 291 g/mol. The Kier molecular flexibility index (Phi) is 5.49. The fourth-order valence-corrected chi connectivity index (χ4v) is 2.83. The van der Waals surface area contributed by atoms with Crippen LogP contribution in [0.4, 0.5) is 11.4 Å². The number of aliphatic hydroxyl groups excluding tert-OH is 1. The van der Waals surface area contributed by atoms with Crippen molar-refractivity contribution < 1.29 is 5.11 Å². The predicted molar refractivity (Wildman–Crippen MR) is 88.4 cm³/mol. The smallest absolute Gasteiger partial charge is 0.0438 e. The maximum absolute atomic E-state index is 8.72. The van der Waals surface area contributed by atoms with E-state index in [2.05, 4.69) is 16.4 Å². The highest BCUT2D eigenvalue weighted by atomic mass is 32.2. The number of fused-ring (bicyclic) bond motifs is 1. The molecule has 0 amide bonds. The Morgan fingerprint density at radius 1 is 1.30 bits per heavy atom. The molecule has 4 nitrogen and oxygen atoms in total. The zero-order chi connectivity index (χ0) is 14.4. The molecule has 0 radical (unpaired) electrons. The number of aromatic nitrogens is 1. The summed E-state index contributed by atoms with van der Waals surface area (Å²) in [6, 6.07) is 6.00. The number of hydrogen-bond acceptors (Lipinski definition) is 5. The molecule has 0 spiro atoms. The molecular weight excluding hydrogens is 270 g/mol. The van der Waals surface area contributed by atoms with Crippen LogP contribution in [0.3, 0.4) is 0 Å². The minimum atomic E-state index is 0.273. The third-order valence-electron chi connectivity index (χ3n) is 3.08. The number of anilines is 2. The van der Waals surface area contributed by atoms with Crippen LogP contribution < -0.4 is 11.1 Å². The van der Waals surface area contributed by atoms with E-state index in [1.54, 1.807) is 0 Å². The number of nitrogen functional groups attached to an aromatic ring is 1. The number of pyridine rings is 1. The van der Waals surface area contributed by atoms with Gasteiger partial charge in [-0.3, -0.25) is 4.98 Å². The van der Waals surface area contributed by atoms with E-state index in [0.717, 1.165) is 52.3 Å². The summed E-state index contributed by atoms with van der Waals surface area (Å²) >= 11 is 1.85. The van der Waals surface area contributed by atoms with E-state index in [1.165, 1.54) is 0 Å². The molecule has 108 valence electrons. The molecule has 1 aromatic heterocycles. The van der Waals surface area contributed by atoms with Crippen LogP contribution in [0.1, 0.15) is 12.1 Å². The molecule has 0 aliphatic rings. The van der Waals surface area contributed by atoms with Crippen LogP contribution in [0.25, 0.3) is 10.8 Å². The molecule has 1 aromatic carbocycles. The number of nitrogens with zero attached hydrogens (tertiary/aromatic N) is 1. The third-order valence-corrected chi connectivity index (χ3v) is 4.15. The van der Waals surface area contributed by atoms with Gasteiger partial charge in [-0.05, 0) is 37.3 Å². The van der Waals surface area contributed by atoms with Gasteiger partial charge < -0.3 is 16.2 Å². The highest BCUT2D eigenvalue weighted by Gasteiger charge is 2.04. The van der Waals surface area contributed by atoms with Crippen molar-refractivity contribution in [2.24, 2.45) is 0 Å². The largest absolute Gasteiger partial charge is 0.398 e. The quantitative estimate of drug-likeness (QED) is 0.540. The zero-order valence-electron chi connectivity index (χ0n) is 11.7. The Bertz CT molecular complexity index is 574. The van der Waals surface area contributed by atoms with Crippen molar-refractivity contribution in [1.29, 1.82) is 0 Å². The second-order valence-electron chi connectivity index (χ2n) is 4.69. The molecule has 0 aliphatic heterocycles. The number of benzene rings is 1. The number of aryl methyl sites for hydroxylation is 1. The van der Waals surface area contributed by atoms with Gasteiger partial charge in [0.25, 0.3) is 0 Å². The molecule has 1 heterocycles. The van der Waals surface area contributed by atoms with Crippen molar-refractivity contribution in [3.05, 3.63) is 30.1 Å². The van der Waals surface area contributed by atoms with Crippen molar-refractivity contribution >= 4 is 33.9 Å². The molecule has 0 aliphatic carbocycles. The summed E-state index contributed by atoms with van der Waals surface area (Å²) in [5, 5.41) is 14.3. The Labute approximate surface area is 123 Å². The summed E-state index contributed by atoms with van der Waals surface area (Å²) in [6.45, 7) is 3.16. The lowest BCUT2D eigenvalue weighted by atomic mass is 10.1. The minimum absolute atomic E-state index is 0.273. The van der Waals surface area contributed by atoms with Crippen molar-refractivity contribution in [1.82, 2.24) is 4.98 Å². The number of nitrogens with one attached hydrogen (secondary N) is 1. The summed E-state index contributed by atoms with van der Waals surface area (Å²) in [6.07, 6.45) is 2.70. The van der Waals surface area contributed by atoms with Gasteiger partial charge in [0, 0.05) is 52.9 Å². The Morgan fingerprint density at radius 3 is 2.95 bits per heavy atom. The van der Waals surface area contributed by atoms with E-state index in [1.807, 2.05) is 37.0 Å². The minimum Gasteiger partial charge on any atom is -0.398 e. The number of rotatable bonds is 7. The van der Waals surface area contributed by atoms with Gasteiger partial charge in [0.15, 0.2) is 0 Å². The van der Waals surface area contributed by atoms with Crippen LogP contribution in [0.5, 0.6) is 0 Å². The van der Waals surface area contributed by atoms with E-state index in [0.29, 0.717) is 0 Å². The maximum Gasteiger partial charge on any atom is 0.0438 e. The molecule has 0 saturated heterocycles. The molecule has 0 fully saturated rings. The maximum atomic E-state index is 8.72. The van der Waals surface area contributed by atoms with Crippen molar-refractivity contribution in [2.45, 2.75) is 13.3 Å². The molecule has 2 aromatic rings. The summed E-state index contributed by atoms with van der Waals surface area (Å²) < 4.78 is 0. The van der Waals surface area contributed by atoms with E-state index in [9.17, 15) is 0 Å². The fraction of sp³-hybridized carbons (Fsp3) is 0.400. The third kappa shape index (κ3) is 3.77.